The fraction of sp³-hybridized carbons (Fsp3) is 0.429. The molecule has 1 aromatic carbocycles. The summed E-state index contributed by atoms with van der Waals surface area (Å²) < 4.78 is 13.2. The van der Waals surface area contributed by atoms with Gasteiger partial charge >= 0.3 is 0 Å². The first kappa shape index (κ1) is 13.2. The molecule has 6 heteroatoms. The molecule has 3 rings (SSSR count). The van der Waals surface area contributed by atoms with Gasteiger partial charge in [-0.25, -0.2) is 0 Å². The maximum absolute atomic E-state index is 6.15. The minimum absolute atomic E-state index is 0.364. The molecule has 0 unspecified atom stereocenters. The number of hydrogen-bond donors (Lipinski definition) is 0. The zero-order chi connectivity index (χ0) is 13.9. The van der Waals surface area contributed by atoms with Gasteiger partial charge in [0.1, 0.15) is 5.82 Å². The molecule has 0 saturated carbocycles. The van der Waals surface area contributed by atoms with Gasteiger partial charge in [0, 0.05) is 18.9 Å². The second kappa shape index (κ2) is 5.71. The van der Waals surface area contributed by atoms with E-state index in [1.165, 1.54) is 0 Å². The molecule has 0 saturated heterocycles. The van der Waals surface area contributed by atoms with Gasteiger partial charge in [0.05, 0.1) is 18.9 Å². The van der Waals surface area contributed by atoms with E-state index in [1.807, 2.05) is 22.8 Å². The molecule has 20 heavy (non-hydrogen) atoms. The Morgan fingerprint density at radius 1 is 1.20 bits per heavy atom. The van der Waals surface area contributed by atoms with E-state index < -0.39 is 0 Å². The minimum Gasteiger partial charge on any atom is -0.490 e. The largest absolute Gasteiger partial charge is 0.490 e. The van der Waals surface area contributed by atoms with Gasteiger partial charge in [0.25, 0.3) is 0 Å². The molecule has 0 bridgehead atoms. The minimum atomic E-state index is 0.364. The van der Waals surface area contributed by atoms with Crippen LogP contribution in [0.5, 0.6) is 11.5 Å². The summed E-state index contributed by atoms with van der Waals surface area (Å²) in [4.78, 5) is 0. The van der Waals surface area contributed by atoms with Crippen molar-refractivity contribution in [2.75, 3.05) is 13.2 Å². The molecule has 0 aliphatic carbocycles. The van der Waals surface area contributed by atoms with Crippen LogP contribution in [0.3, 0.4) is 0 Å². The van der Waals surface area contributed by atoms with Gasteiger partial charge in [-0.3, -0.25) is 4.57 Å². The lowest BCUT2D eigenvalue weighted by Gasteiger charge is -2.11. The predicted molar refractivity (Wildman–Crippen MR) is 76.0 cm³/mol. The van der Waals surface area contributed by atoms with Crippen molar-refractivity contribution in [2.24, 2.45) is 0 Å². The quantitative estimate of drug-likeness (QED) is 0.873. The summed E-state index contributed by atoms with van der Waals surface area (Å²) in [5.74, 6) is 2.37. The number of aromatic nitrogens is 3. The Labute approximate surface area is 122 Å². The van der Waals surface area contributed by atoms with Gasteiger partial charge in [-0.2, -0.15) is 0 Å². The van der Waals surface area contributed by atoms with Crippen molar-refractivity contribution in [3.8, 4) is 17.2 Å². The van der Waals surface area contributed by atoms with Crippen LogP contribution in [0.2, 0.25) is 5.28 Å². The van der Waals surface area contributed by atoms with Crippen LogP contribution >= 0.6 is 11.6 Å². The monoisotopic (exact) mass is 293 g/mol. The zero-order valence-corrected chi connectivity index (χ0v) is 12.1. The highest BCUT2D eigenvalue weighted by atomic mass is 35.5. The van der Waals surface area contributed by atoms with E-state index in [1.54, 1.807) is 0 Å². The lowest BCUT2D eigenvalue weighted by molar-refractivity contribution is 0.297. The Hall–Kier alpha value is -1.75. The molecule has 2 aromatic rings. The molecule has 1 aliphatic heterocycles. The van der Waals surface area contributed by atoms with Crippen LogP contribution in [0.15, 0.2) is 18.2 Å². The summed E-state index contributed by atoms with van der Waals surface area (Å²) in [5, 5.41) is 8.43. The molecule has 0 amide bonds. The van der Waals surface area contributed by atoms with E-state index in [-0.39, 0.29) is 0 Å². The van der Waals surface area contributed by atoms with Crippen molar-refractivity contribution in [3.05, 3.63) is 29.3 Å². The molecule has 0 N–H and O–H groups in total. The van der Waals surface area contributed by atoms with Crippen LogP contribution in [0.1, 0.15) is 25.6 Å². The molecular weight excluding hydrogens is 278 g/mol. The predicted octanol–water partition coefficient (Wildman–Crippen LogP) is 3.03. The first-order valence-electron chi connectivity index (χ1n) is 6.79. The molecular formula is C14H16ClN3O2. The molecule has 2 heterocycles. The first-order chi connectivity index (χ1) is 9.79. The summed E-state index contributed by atoms with van der Waals surface area (Å²) >= 11 is 6.15. The maximum Gasteiger partial charge on any atom is 0.229 e. The lowest BCUT2D eigenvalue weighted by Crippen LogP contribution is -2.02. The Bertz CT molecular complexity index is 612. The maximum atomic E-state index is 6.15. The van der Waals surface area contributed by atoms with E-state index in [9.17, 15) is 0 Å². The van der Waals surface area contributed by atoms with Crippen LogP contribution in [0.25, 0.3) is 5.69 Å². The summed E-state index contributed by atoms with van der Waals surface area (Å²) in [6.07, 6.45) is 2.70. The van der Waals surface area contributed by atoms with Gasteiger partial charge in [-0.15, -0.1) is 10.2 Å². The smallest absolute Gasteiger partial charge is 0.229 e. The number of rotatable bonds is 3. The van der Waals surface area contributed by atoms with Crippen LogP contribution in [-0.2, 0) is 6.42 Å². The van der Waals surface area contributed by atoms with Crippen molar-refractivity contribution >= 4 is 11.6 Å². The van der Waals surface area contributed by atoms with E-state index in [4.69, 9.17) is 21.1 Å². The number of fused-ring (bicyclic) bond motifs is 1. The Balaban J connectivity index is 2.02. The number of nitrogens with zero attached hydrogens (tertiary/aromatic N) is 3. The average Bonchev–Trinajstić information content (AvgIpc) is 2.68. The summed E-state index contributed by atoms with van der Waals surface area (Å²) in [7, 11) is 0. The highest BCUT2D eigenvalue weighted by Crippen LogP contribution is 2.32. The first-order valence-corrected chi connectivity index (χ1v) is 7.17. The Morgan fingerprint density at radius 2 is 2.00 bits per heavy atom. The summed E-state index contributed by atoms with van der Waals surface area (Å²) in [5.41, 5.74) is 0.896. The standard InChI is InChI=1S/C14H16ClN3O2/c1-2-4-13-16-17-14(15)18(13)10-5-6-11-12(9-10)20-8-3-7-19-11/h5-6,9H,2-4,7-8H2,1H3. The topological polar surface area (TPSA) is 49.2 Å². The van der Waals surface area contributed by atoms with Crippen LogP contribution in [0.4, 0.5) is 0 Å². The van der Waals surface area contributed by atoms with Crippen molar-refractivity contribution in [2.45, 2.75) is 26.2 Å². The van der Waals surface area contributed by atoms with Crippen LogP contribution in [0, 0.1) is 0 Å². The third kappa shape index (κ3) is 2.45. The molecule has 5 nitrogen and oxygen atoms in total. The highest BCUT2D eigenvalue weighted by molar-refractivity contribution is 6.28. The second-order valence-electron chi connectivity index (χ2n) is 4.65. The summed E-state index contributed by atoms with van der Waals surface area (Å²) in [6, 6.07) is 5.78. The number of halogens is 1. The SMILES string of the molecule is CCCc1nnc(Cl)n1-c1ccc2c(c1)OCCCO2. The van der Waals surface area contributed by atoms with E-state index in [0.717, 1.165) is 42.3 Å². The molecule has 0 radical (unpaired) electrons. The lowest BCUT2D eigenvalue weighted by atomic mass is 10.2. The third-order valence-corrected chi connectivity index (χ3v) is 3.40. The fourth-order valence-electron chi connectivity index (χ4n) is 2.23. The molecule has 1 aromatic heterocycles. The number of aryl methyl sites for hydroxylation is 1. The third-order valence-electron chi connectivity index (χ3n) is 3.15. The Kier molecular flexibility index (Phi) is 3.78. The van der Waals surface area contributed by atoms with E-state index in [2.05, 4.69) is 17.1 Å². The van der Waals surface area contributed by atoms with Gasteiger partial charge in [-0.1, -0.05) is 6.92 Å². The number of benzene rings is 1. The fourth-order valence-corrected chi connectivity index (χ4v) is 2.46. The molecule has 0 atom stereocenters. The number of hydrogen-bond acceptors (Lipinski definition) is 4. The van der Waals surface area contributed by atoms with Crippen LogP contribution in [-0.4, -0.2) is 28.0 Å². The number of ether oxygens (including phenoxy) is 2. The second-order valence-corrected chi connectivity index (χ2v) is 4.99. The van der Waals surface area contributed by atoms with Gasteiger partial charge in [0.15, 0.2) is 11.5 Å². The van der Waals surface area contributed by atoms with Crippen molar-refractivity contribution in [1.82, 2.24) is 14.8 Å². The Morgan fingerprint density at radius 3 is 2.80 bits per heavy atom. The average molecular weight is 294 g/mol. The zero-order valence-electron chi connectivity index (χ0n) is 11.3. The molecule has 0 fully saturated rings. The van der Waals surface area contributed by atoms with Gasteiger partial charge < -0.3 is 9.47 Å². The van der Waals surface area contributed by atoms with E-state index >= 15 is 0 Å². The van der Waals surface area contributed by atoms with Gasteiger partial charge in [-0.05, 0) is 30.2 Å². The molecule has 0 spiro atoms. The van der Waals surface area contributed by atoms with Crippen molar-refractivity contribution < 1.29 is 9.47 Å². The van der Waals surface area contributed by atoms with Crippen LogP contribution < -0.4 is 9.47 Å². The molecule has 106 valence electrons. The van der Waals surface area contributed by atoms with Gasteiger partial charge in [0.2, 0.25) is 5.28 Å². The van der Waals surface area contributed by atoms with Crippen molar-refractivity contribution in [3.63, 3.8) is 0 Å². The molecule has 1 aliphatic rings. The summed E-state index contributed by atoms with van der Waals surface area (Å²) in [6.45, 7) is 3.44. The normalized spacial score (nSPS) is 14.1. The highest BCUT2D eigenvalue weighted by Gasteiger charge is 2.15. The van der Waals surface area contributed by atoms with Crippen molar-refractivity contribution in [1.29, 1.82) is 0 Å². The van der Waals surface area contributed by atoms with E-state index in [0.29, 0.717) is 18.5 Å².